The van der Waals surface area contributed by atoms with E-state index in [4.69, 9.17) is 9.47 Å². The van der Waals surface area contributed by atoms with E-state index >= 15 is 0 Å². The summed E-state index contributed by atoms with van der Waals surface area (Å²) < 4.78 is 11.3. The highest BCUT2D eigenvalue weighted by Crippen LogP contribution is 2.21. The second-order valence-corrected chi connectivity index (χ2v) is 3.34. The third kappa shape index (κ3) is 3.04. The van der Waals surface area contributed by atoms with Crippen LogP contribution >= 0.6 is 0 Å². The molecule has 0 spiro atoms. The minimum absolute atomic E-state index is 0.504. The molecule has 1 rings (SSSR count). The largest absolute Gasteiger partial charge is 0.463 e. The molecule has 14 heavy (non-hydrogen) atoms. The Morgan fingerprint density at radius 1 is 1.14 bits per heavy atom. The molecule has 1 aromatic rings. The first kappa shape index (κ1) is 11.1. The van der Waals surface area contributed by atoms with Crippen molar-refractivity contribution in [1.29, 1.82) is 0 Å². The number of para-hydroxylation sites is 1. The van der Waals surface area contributed by atoms with Crippen molar-refractivity contribution in [3.63, 3.8) is 0 Å². The first-order chi connectivity index (χ1) is 6.70. The second-order valence-electron chi connectivity index (χ2n) is 3.34. The SMILES string of the molecule is CCOC(C)(CC)Oc1ccccc1. The quantitative estimate of drug-likeness (QED) is 0.670. The van der Waals surface area contributed by atoms with E-state index in [1.807, 2.05) is 44.2 Å². The van der Waals surface area contributed by atoms with Crippen LogP contribution in [-0.4, -0.2) is 12.4 Å². The fraction of sp³-hybridized carbons (Fsp3) is 0.500. The fourth-order valence-corrected chi connectivity index (χ4v) is 1.25. The van der Waals surface area contributed by atoms with Crippen LogP contribution in [0.3, 0.4) is 0 Å². The summed E-state index contributed by atoms with van der Waals surface area (Å²) in [4.78, 5) is 0. The number of hydrogen-bond acceptors (Lipinski definition) is 2. The Labute approximate surface area is 85.8 Å². The number of ether oxygens (including phenoxy) is 2. The Morgan fingerprint density at radius 3 is 2.29 bits per heavy atom. The average molecular weight is 194 g/mol. The molecule has 0 saturated carbocycles. The Balaban J connectivity index is 2.65. The Hall–Kier alpha value is -1.02. The van der Waals surface area contributed by atoms with Crippen LogP contribution in [0.1, 0.15) is 27.2 Å². The van der Waals surface area contributed by atoms with Crippen molar-refractivity contribution < 1.29 is 9.47 Å². The van der Waals surface area contributed by atoms with E-state index in [1.165, 1.54) is 0 Å². The molecule has 1 aromatic carbocycles. The predicted octanol–water partition coefficient (Wildman–Crippen LogP) is 3.23. The normalized spacial score (nSPS) is 14.8. The van der Waals surface area contributed by atoms with Crippen molar-refractivity contribution in [3.05, 3.63) is 30.3 Å². The van der Waals surface area contributed by atoms with E-state index in [9.17, 15) is 0 Å². The third-order valence-corrected chi connectivity index (χ3v) is 2.17. The van der Waals surface area contributed by atoms with Gasteiger partial charge in [-0.1, -0.05) is 25.1 Å². The van der Waals surface area contributed by atoms with Crippen molar-refractivity contribution in [1.82, 2.24) is 0 Å². The van der Waals surface area contributed by atoms with Gasteiger partial charge in [-0.3, -0.25) is 0 Å². The minimum Gasteiger partial charge on any atom is -0.463 e. The van der Waals surface area contributed by atoms with Gasteiger partial charge in [-0.05, 0) is 19.1 Å². The molecule has 1 unspecified atom stereocenters. The van der Waals surface area contributed by atoms with Gasteiger partial charge in [0.2, 0.25) is 5.79 Å². The average Bonchev–Trinajstić information content (AvgIpc) is 2.20. The molecule has 2 heteroatoms. The van der Waals surface area contributed by atoms with Crippen molar-refractivity contribution in [2.75, 3.05) is 6.61 Å². The summed E-state index contributed by atoms with van der Waals surface area (Å²) in [5.74, 6) is 0.348. The van der Waals surface area contributed by atoms with Crippen LogP contribution < -0.4 is 4.74 Å². The van der Waals surface area contributed by atoms with Gasteiger partial charge < -0.3 is 9.47 Å². The summed E-state index contributed by atoms with van der Waals surface area (Å²) in [7, 11) is 0. The van der Waals surface area contributed by atoms with Crippen molar-refractivity contribution in [3.8, 4) is 5.75 Å². The molecular formula is C12H18O2. The van der Waals surface area contributed by atoms with Crippen LogP contribution in [0, 0.1) is 0 Å². The first-order valence-electron chi connectivity index (χ1n) is 5.08. The molecule has 0 amide bonds. The lowest BCUT2D eigenvalue weighted by atomic mass is 10.2. The fourth-order valence-electron chi connectivity index (χ4n) is 1.25. The van der Waals surface area contributed by atoms with Crippen LogP contribution in [0.2, 0.25) is 0 Å². The van der Waals surface area contributed by atoms with Crippen molar-refractivity contribution in [2.24, 2.45) is 0 Å². The van der Waals surface area contributed by atoms with Crippen LogP contribution in [0.25, 0.3) is 0 Å². The van der Waals surface area contributed by atoms with Gasteiger partial charge in [0.15, 0.2) is 0 Å². The van der Waals surface area contributed by atoms with E-state index in [0.717, 1.165) is 12.2 Å². The lowest BCUT2D eigenvalue weighted by molar-refractivity contribution is -0.168. The predicted molar refractivity (Wildman–Crippen MR) is 57.4 cm³/mol. The summed E-state index contributed by atoms with van der Waals surface area (Å²) in [5.41, 5.74) is 0. The smallest absolute Gasteiger partial charge is 0.207 e. The van der Waals surface area contributed by atoms with Gasteiger partial charge in [-0.15, -0.1) is 0 Å². The molecule has 78 valence electrons. The van der Waals surface area contributed by atoms with Gasteiger partial charge in [0, 0.05) is 20.0 Å². The third-order valence-electron chi connectivity index (χ3n) is 2.17. The molecule has 1 atom stereocenters. The Bertz CT molecular complexity index is 258. The van der Waals surface area contributed by atoms with Crippen LogP contribution in [0.15, 0.2) is 30.3 Å². The summed E-state index contributed by atoms with van der Waals surface area (Å²) in [6, 6.07) is 9.76. The number of hydrogen-bond donors (Lipinski definition) is 0. The van der Waals surface area contributed by atoms with E-state index < -0.39 is 5.79 Å². The van der Waals surface area contributed by atoms with Gasteiger partial charge in [0.25, 0.3) is 0 Å². The van der Waals surface area contributed by atoms with Crippen LogP contribution in [0.4, 0.5) is 0 Å². The van der Waals surface area contributed by atoms with Gasteiger partial charge in [0.05, 0.1) is 0 Å². The van der Waals surface area contributed by atoms with E-state index in [0.29, 0.717) is 6.61 Å². The van der Waals surface area contributed by atoms with E-state index in [2.05, 4.69) is 6.92 Å². The zero-order valence-corrected chi connectivity index (χ0v) is 9.12. The summed E-state index contributed by atoms with van der Waals surface area (Å²) in [6.45, 7) is 6.65. The summed E-state index contributed by atoms with van der Waals surface area (Å²) in [5, 5.41) is 0. The van der Waals surface area contributed by atoms with Gasteiger partial charge in [-0.25, -0.2) is 0 Å². The molecule has 0 aliphatic rings. The first-order valence-corrected chi connectivity index (χ1v) is 5.08. The molecule has 0 aromatic heterocycles. The van der Waals surface area contributed by atoms with Gasteiger partial charge in [-0.2, -0.15) is 0 Å². The van der Waals surface area contributed by atoms with Crippen molar-refractivity contribution >= 4 is 0 Å². The topological polar surface area (TPSA) is 18.5 Å². The number of rotatable bonds is 5. The molecule has 0 bridgehead atoms. The highest BCUT2D eigenvalue weighted by Gasteiger charge is 2.23. The maximum Gasteiger partial charge on any atom is 0.207 e. The number of benzene rings is 1. The highest BCUT2D eigenvalue weighted by molar-refractivity contribution is 5.21. The molecule has 0 aliphatic carbocycles. The van der Waals surface area contributed by atoms with Gasteiger partial charge in [0.1, 0.15) is 5.75 Å². The maximum absolute atomic E-state index is 5.77. The molecule has 0 N–H and O–H groups in total. The zero-order valence-electron chi connectivity index (χ0n) is 9.12. The standard InChI is InChI=1S/C12H18O2/c1-4-12(3,13-5-2)14-11-9-7-6-8-10-11/h6-10H,4-5H2,1-3H3. The molecule has 2 nitrogen and oxygen atoms in total. The maximum atomic E-state index is 5.77. The molecule has 0 saturated heterocycles. The molecular weight excluding hydrogens is 176 g/mol. The molecule has 0 fully saturated rings. The molecule has 0 aliphatic heterocycles. The summed E-state index contributed by atoms with van der Waals surface area (Å²) >= 11 is 0. The van der Waals surface area contributed by atoms with Crippen molar-refractivity contribution in [2.45, 2.75) is 33.0 Å². The molecule has 0 heterocycles. The lowest BCUT2D eigenvalue weighted by Gasteiger charge is -2.29. The highest BCUT2D eigenvalue weighted by atomic mass is 16.7. The lowest BCUT2D eigenvalue weighted by Crippen LogP contribution is -2.34. The van der Waals surface area contributed by atoms with Crippen LogP contribution in [0.5, 0.6) is 5.75 Å². The minimum atomic E-state index is -0.504. The second kappa shape index (κ2) is 5.01. The summed E-state index contributed by atoms with van der Waals surface area (Å²) in [6.07, 6.45) is 0.829. The van der Waals surface area contributed by atoms with E-state index in [1.54, 1.807) is 0 Å². The zero-order chi connectivity index (χ0) is 10.4. The monoisotopic (exact) mass is 194 g/mol. The Morgan fingerprint density at radius 2 is 1.79 bits per heavy atom. The van der Waals surface area contributed by atoms with Crippen LogP contribution in [-0.2, 0) is 4.74 Å². The van der Waals surface area contributed by atoms with Gasteiger partial charge >= 0.3 is 0 Å². The van der Waals surface area contributed by atoms with E-state index in [-0.39, 0.29) is 0 Å². The molecule has 0 radical (unpaired) electrons. The Kier molecular flexibility index (Phi) is 3.96.